The highest BCUT2D eigenvalue weighted by Crippen LogP contribution is 2.23. The highest BCUT2D eigenvalue weighted by molar-refractivity contribution is 9.10. The average molecular weight is 456 g/mol. The third kappa shape index (κ3) is 4.48. The van der Waals surface area contributed by atoms with Crippen LogP contribution in [0.1, 0.15) is 16.1 Å². The molecule has 0 saturated carbocycles. The molecular weight excluding hydrogens is 444 g/mol. The second-order valence-electron chi connectivity index (χ2n) is 5.11. The Kier molecular flexibility index (Phi) is 5.70. The van der Waals surface area contributed by atoms with E-state index in [-0.39, 0.29) is 17.3 Å². The SMILES string of the molecule is Nc1nc(SCc2cccc(Cl)c2)[nH]c(=O)c1NC(=O)c1ccc(Br)o1. The number of benzene rings is 1. The van der Waals surface area contributed by atoms with Crippen LogP contribution in [0, 0.1) is 0 Å². The minimum absolute atomic E-state index is 0.0371. The van der Waals surface area contributed by atoms with Crippen molar-refractivity contribution in [3.8, 4) is 0 Å². The van der Waals surface area contributed by atoms with Crippen molar-refractivity contribution in [1.82, 2.24) is 9.97 Å². The van der Waals surface area contributed by atoms with Gasteiger partial charge in [0.15, 0.2) is 27.1 Å². The predicted molar refractivity (Wildman–Crippen MR) is 105 cm³/mol. The minimum atomic E-state index is -0.603. The van der Waals surface area contributed by atoms with E-state index in [2.05, 4.69) is 31.2 Å². The molecule has 10 heteroatoms. The Hall–Kier alpha value is -2.23. The summed E-state index contributed by atoms with van der Waals surface area (Å²) < 4.78 is 5.53. The fraction of sp³-hybridized carbons (Fsp3) is 0.0625. The van der Waals surface area contributed by atoms with Crippen LogP contribution >= 0.6 is 39.3 Å². The normalized spacial score (nSPS) is 10.7. The van der Waals surface area contributed by atoms with Gasteiger partial charge in [-0.3, -0.25) is 14.6 Å². The van der Waals surface area contributed by atoms with Crippen LogP contribution in [0.3, 0.4) is 0 Å². The first-order valence-electron chi connectivity index (χ1n) is 7.26. The van der Waals surface area contributed by atoms with Crippen molar-refractivity contribution in [3.63, 3.8) is 0 Å². The molecule has 0 aliphatic heterocycles. The van der Waals surface area contributed by atoms with Gasteiger partial charge in [-0.05, 0) is 45.8 Å². The van der Waals surface area contributed by atoms with E-state index in [9.17, 15) is 9.59 Å². The molecule has 26 heavy (non-hydrogen) atoms. The van der Waals surface area contributed by atoms with E-state index in [1.165, 1.54) is 17.8 Å². The number of nitrogen functional groups attached to an aromatic ring is 1. The number of aromatic nitrogens is 2. The number of carbonyl (C=O) groups excluding carboxylic acids is 1. The topological polar surface area (TPSA) is 114 Å². The van der Waals surface area contributed by atoms with Gasteiger partial charge in [-0.1, -0.05) is 35.5 Å². The van der Waals surface area contributed by atoms with Crippen LogP contribution < -0.4 is 16.6 Å². The third-order valence-corrected chi connectivity index (χ3v) is 4.83. The summed E-state index contributed by atoms with van der Waals surface area (Å²) in [6, 6.07) is 10.4. The molecule has 0 spiro atoms. The second-order valence-corrected chi connectivity index (χ2v) is 7.29. The zero-order valence-electron chi connectivity index (χ0n) is 13.1. The van der Waals surface area contributed by atoms with Crippen molar-refractivity contribution < 1.29 is 9.21 Å². The first kappa shape index (κ1) is 18.6. The maximum Gasteiger partial charge on any atom is 0.291 e. The van der Waals surface area contributed by atoms with Crippen molar-refractivity contribution in [2.24, 2.45) is 0 Å². The van der Waals surface area contributed by atoms with Gasteiger partial charge in [0.1, 0.15) is 0 Å². The molecule has 0 aliphatic carbocycles. The largest absolute Gasteiger partial charge is 0.444 e. The molecule has 134 valence electrons. The standard InChI is InChI=1S/C16H12BrClN4O3S/c17-11-5-4-10(25-11)14(23)20-12-13(19)21-16(22-15(12)24)26-7-8-2-1-3-9(18)6-8/h1-6H,7H2,(H,20,23)(H3,19,21,22,24). The lowest BCUT2D eigenvalue weighted by atomic mass is 10.2. The summed E-state index contributed by atoms with van der Waals surface area (Å²) in [6.07, 6.45) is 0. The van der Waals surface area contributed by atoms with Crippen LogP contribution in [-0.4, -0.2) is 15.9 Å². The number of amides is 1. The van der Waals surface area contributed by atoms with E-state index in [0.29, 0.717) is 20.6 Å². The molecule has 2 heterocycles. The molecule has 0 saturated heterocycles. The molecule has 0 atom stereocenters. The number of aromatic amines is 1. The number of carbonyl (C=O) groups is 1. The molecule has 1 aromatic carbocycles. The average Bonchev–Trinajstić information content (AvgIpc) is 3.03. The summed E-state index contributed by atoms with van der Waals surface area (Å²) in [4.78, 5) is 31.0. The van der Waals surface area contributed by atoms with Gasteiger partial charge in [0.25, 0.3) is 11.5 Å². The van der Waals surface area contributed by atoms with Crippen LogP contribution in [0.15, 0.2) is 55.4 Å². The van der Waals surface area contributed by atoms with E-state index in [0.717, 1.165) is 5.56 Å². The zero-order valence-corrected chi connectivity index (χ0v) is 16.2. The molecule has 2 aromatic heterocycles. The first-order chi connectivity index (χ1) is 12.4. The Bertz CT molecular complexity index is 1020. The lowest BCUT2D eigenvalue weighted by Gasteiger charge is -2.07. The van der Waals surface area contributed by atoms with E-state index in [4.69, 9.17) is 21.8 Å². The summed E-state index contributed by atoms with van der Waals surface area (Å²) in [7, 11) is 0. The zero-order chi connectivity index (χ0) is 18.7. The molecule has 1 amide bonds. The van der Waals surface area contributed by atoms with Gasteiger partial charge >= 0.3 is 0 Å². The van der Waals surface area contributed by atoms with Crippen molar-refractivity contribution in [2.75, 3.05) is 11.1 Å². The van der Waals surface area contributed by atoms with Crippen LogP contribution in [-0.2, 0) is 5.75 Å². The molecule has 4 N–H and O–H groups in total. The minimum Gasteiger partial charge on any atom is -0.444 e. The number of rotatable bonds is 5. The molecule has 3 aromatic rings. The van der Waals surface area contributed by atoms with E-state index in [1.54, 1.807) is 12.1 Å². The lowest BCUT2D eigenvalue weighted by molar-refractivity contribution is 0.0995. The number of H-pyrrole nitrogens is 1. The molecule has 0 aliphatic rings. The number of halogens is 2. The number of furan rings is 1. The van der Waals surface area contributed by atoms with Gasteiger partial charge in [0, 0.05) is 10.8 Å². The van der Waals surface area contributed by atoms with E-state index >= 15 is 0 Å². The smallest absolute Gasteiger partial charge is 0.291 e. The number of nitrogens with one attached hydrogen (secondary N) is 2. The van der Waals surface area contributed by atoms with Crippen LogP contribution in [0.2, 0.25) is 5.02 Å². The number of thioether (sulfide) groups is 1. The summed E-state index contributed by atoms with van der Waals surface area (Å²) in [5.74, 6) is -0.0971. The van der Waals surface area contributed by atoms with Gasteiger partial charge in [-0.2, -0.15) is 0 Å². The molecule has 0 fully saturated rings. The van der Waals surface area contributed by atoms with Gasteiger partial charge < -0.3 is 15.5 Å². The summed E-state index contributed by atoms with van der Waals surface area (Å²) in [6.45, 7) is 0. The molecular formula is C16H12BrClN4O3S. The molecule has 0 unspecified atom stereocenters. The first-order valence-corrected chi connectivity index (χ1v) is 9.42. The number of nitrogens with zero attached hydrogens (tertiary/aromatic N) is 1. The monoisotopic (exact) mass is 454 g/mol. The molecule has 0 bridgehead atoms. The Labute approximate surface area is 165 Å². The van der Waals surface area contributed by atoms with Crippen molar-refractivity contribution in [2.45, 2.75) is 10.9 Å². The fourth-order valence-corrected chi connectivity index (χ4v) is 3.38. The van der Waals surface area contributed by atoms with E-state index in [1.807, 2.05) is 18.2 Å². The van der Waals surface area contributed by atoms with Gasteiger partial charge in [0.2, 0.25) is 0 Å². The Morgan fingerprint density at radius 2 is 2.19 bits per heavy atom. The summed E-state index contributed by atoms with van der Waals surface area (Å²) in [5, 5.41) is 3.38. The molecule has 3 rings (SSSR count). The van der Waals surface area contributed by atoms with Crippen molar-refractivity contribution in [1.29, 1.82) is 0 Å². The van der Waals surface area contributed by atoms with Crippen LogP contribution in [0.4, 0.5) is 11.5 Å². The maximum atomic E-state index is 12.2. The maximum absolute atomic E-state index is 12.2. The summed E-state index contributed by atoms with van der Waals surface area (Å²) in [5.41, 5.74) is 6.12. The van der Waals surface area contributed by atoms with Gasteiger partial charge in [-0.15, -0.1) is 0 Å². The van der Waals surface area contributed by atoms with Crippen molar-refractivity contribution in [3.05, 3.63) is 67.8 Å². The number of nitrogens with two attached hydrogens (primary N) is 1. The van der Waals surface area contributed by atoms with E-state index < -0.39 is 11.5 Å². The second kappa shape index (κ2) is 7.98. The Balaban J connectivity index is 1.73. The molecule has 7 nitrogen and oxygen atoms in total. The number of anilines is 2. The van der Waals surface area contributed by atoms with Crippen LogP contribution in [0.25, 0.3) is 0 Å². The Morgan fingerprint density at radius 3 is 2.85 bits per heavy atom. The van der Waals surface area contributed by atoms with Gasteiger partial charge in [0.05, 0.1) is 0 Å². The summed E-state index contributed by atoms with van der Waals surface area (Å²) >= 11 is 10.3. The number of hydrogen-bond donors (Lipinski definition) is 3. The lowest BCUT2D eigenvalue weighted by Crippen LogP contribution is -2.22. The number of hydrogen-bond acceptors (Lipinski definition) is 6. The van der Waals surface area contributed by atoms with Gasteiger partial charge in [-0.25, -0.2) is 4.98 Å². The Morgan fingerprint density at radius 1 is 1.38 bits per heavy atom. The van der Waals surface area contributed by atoms with Crippen LogP contribution in [0.5, 0.6) is 0 Å². The highest BCUT2D eigenvalue weighted by Gasteiger charge is 2.16. The van der Waals surface area contributed by atoms with Crippen molar-refractivity contribution >= 4 is 56.7 Å². The highest BCUT2D eigenvalue weighted by atomic mass is 79.9. The predicted octanol–water partition coefficient (Wildman–Crippen LogP) is 3.91. The quantitative estimate of drug-likeness (QED) is 0.397. The fourth-order valence-electron chi connectivity index (χ4n) is 2.05. The third-order valence-electron chi connectivity index (χ3n) is 3.23. The molecule has 0 radical (unpaired) electrons.